The van der Waals surface area contributed by atoms with Crippen molar-refractivity contribution in [2.45, 2.75) is 18.3 Å². The fourth-order valence-electron chi connectivity index (χ4n) is 3.73. The molecule has 4 rings (SSSR count). The lowest BCUT2D eigenvalue weighted by Gasteiger charge is -2.24. The highest BCUT2D eigenvalue weighted by Crippen LogP contribution is 2.41. The second-order valence-corrected chi connectivity index (χ2v) is 8.63. The predicted molar refractivity (Wildman–Crippen MR) is 117 cm³/mol. The van der Waals surface area contributed by atoms with Gasteiger partial charge in [-0.25, -0.2) is 4.79 Å². The van der Waals surface area contributed by atoms with Crippen LogP contribution in [-0.2, 0) is 4.79 Å². The van der Waals surface area contributed by atoms with Gasteiger partial charge in [0.05, 0.1) is 5.52 Å². The predicted octanol–water partition coefficient (Wildman–Crippen LogP) is 3.33. The maximum absolute atomic E-state index is 13.5. The van der Waals surface area contributed by atoms with Crippen molar-refractivity contribution in [2.24, 2.45) is 0 Å². The molecule has 30 heavy (non-hydrogen) atoms. The molecule has 1 aliphatic heterocycles. The van der Waals surface area contributed by atoms with Gasteiger partial charge in [0.25, 0.3) is 0 Å². The molecule has 1 fully saturated rings. The quantitative estimate of drug-likeness (QED) is 0.476. The number of nitrogens with zero attached hydrogens (tertiary/aromatic N) is 4. The first kappa shape index (κ1) is 20.2. The third-order valence-corrected chi connectivity index (χ3v) is 6.59. The Kier molecular flexibility index (Phi) is 5.34. The molecule has 0 aliphatic carbocycles. The van der Waals surface area contributed by atoms with Crippen LogP contribution >= 0.6 is 11.8 Å². The van der Waals surface area contributed by atoms with Gasteiger partial charge in [-0.15, -0.1) is 11.8 Å². The molecule has 0 N–H and O–H groups in total. The van der Waals surface area contributed by atoms with Crippen LogP contribution in [0, 0.1) is 6.92 Å². The molecule has 0 saturated carbocycles. The van der Waals surface area contributed by atoms with Crippen molar-refractivity contribution in [3.05, 3.63) is 65.6 Å². The van der Waals surface area contributed by atoms with E-state index in [-0.39, 0.29) is 17.2 Å². The van der Waals surface area contributed by atoms with Gasteiger partial charge in [0.15, 0.2) is 5.78 Å². The zero-order valence-electron chi connectivity index (χ0n) is 17.0. The molecule has 2 unspecified atom stereocenters. The van der Waals surface area contributed by atoms with Gasteiger partial charge in [-0.1, -0.05) is 18.2 Å². The van der Waals surface area contributed by atoms with Crippen LogP contribution in [0.2, 0.25) is 0 Å². The van der Waals surface area contributed by atoms with Crippen LogP contribution in [-0.4, -0.2) is 63.5 Å². The molecule has 0 bridgehead atoms. The number of carbonyl (C=O) groups excluding carboxylic acids is 3. The zero-order valence-corrected chi connectivity index (χ0v) is 17.8. The van der Waals surface area contributed by atoms with E-state index in [0.29, 0.717) is 22.2 Å². The molecule has 1 saturated heterocycles. The minimum atomic E-state index is -0.604. The van der Waals surface area contributed by atoms with Gasteiger partial charge in [0.1, 0.15) is 11.4 Å². The molecule has 3 aromatic rings. The van der Waals surface area contributed by atoms with Gasteiger partial charge in [-0.3, -0.25) is 19.1 Å². The minimum Gasteiger partial charge on any atom is -0.330 e. The molecular formula is C22H22N4O3S. The normalized spacial score (nSPS) is 18.6. The van der Waals surface area contributed by atoms with Crippen molar-refractivity contribution in [3.8, 4) is 0 Å². The van der Waals surface area contributed by atoms with E-state index in [1.54, 1.807) is 37.6 Å². The van der Waals surface area contributed by atoms with E-state index in [1.165, 1.54) is 21.2 Å². The SMILES string of the molecule is Cc1ccc2c(C(=O)C3CSC(c4cccnc4)N3C=O)cn(C(=O)N(C)C)c2c1. The van der Waals surface area contributed by atoms with Gasteiger partial charge < -0.3 is 9.80 Å². The number of Topliss-reactive ketones (excluding diaryl/α,β-unsaturated/α-hetero) is 1. The van der Waals surface area contributed by atoms with Crippen molar-refractivity contribution in [1.82, 2.24) is 19.4 Å². The van der Waals surface area contributed by atoms with Gasteiger partial charge in [0, 0.05) is 55.0 Å². The van der Waals surface area contributed by atoms with E-state index in [2.05, 4.69) is 4.98 Å². The summed E-state index contributed by atoms with van der Waals surface area (Å²) >= 11 is 1.54. The largest absolute Gasteiger partial charge is 0.330 e. The molecule has 2 amide bonds. The summed E-state index contributed by atoms with van der Waals surface area (Å²) in [6, 6.07) is 8.56. The maximum atomic E-state index is 13.5. The summed E-state index contributed by atoms with van der Waals surface area (Å²) in [4.78, 5) is 45.3. The first-order chi connectivity index (χ1) is 14.4. The van der Waals surface area contributed by atoms with Crippen molar-refractivity contribution in [2.75, 3.05) is 19.8 Å². The Labute approximate surface area is 178 Å². The molecule has 2 atom stereocenters. The summed E-state index contributed by atoms with van der Waals surface area (Å²) in [7, 11) is 3.34. The number of rotatable bonds is 4. The first-order valence-electron chi connectivity index (χ1n) is 9.54. The average molecular weight is 423 g/mol. The lowest BCUT2D eigenvalue weighted by molar-refractivity contribution is -0.119. The number of hydrogen-bond donors (Lipinski definition) is 0. The van der Waals surface area contributed by atoms with Crippen LogP contribution in [0.4, 0.5) is 4.79 Å². The topological polar surface area (TPSA) is 75.5 Å². The van der Waals surface area contributed by atoms with Crippen LogP contribution in [0.5, 0.6) is 0 Å². The number of ketones is 1. The van der Waals surface area contributed by atoms with Gasteiger partial charge in [-0.2, -0.15) is 0 Å². The maximum Gasteiger partial charge on any atom is 0.328 e. The fourth-order valence-corrected chi connectivity index (χ4v) is 5.12. The van der Waals surface area contributed by atoms with Gasteiger partial charge in [0.2, 0.25) is 6.41 Å². The van der Waals surface area contributed by atoms with Crippen LogP contribution in [0.3, 0.4) is 0 Å². The Balaban J connectivity index is 1.75. The number of thioether (sulfide) groups is 1. The van der Waals surface area contributed by atoms with Gasteiger partial charge in [-0.05, 0) is 24.6 Å². The molecule has 154 valence electrons. The number of carbonyl (C=O) groups is 3. The Morgan fingerprint density at radius 1 is 1.27 bits per heavy atom. The Hall–Kier alpha value is -3.13. The highest BCUT2D eigenvalue weighted by Gasteiger charge is 2.39. The van der Waals surface area contributed by atoms with Crippen molar-refractivity contribution in [1.29, 1.82) is 0 Å². The van der Waals surface area contributed by atoms with Crippen LogP contribution < -0.4 is 0 Å². The zero-order chi connectivity index (χ0) is 21.4. The van der Waals surface area contributed by atoms with E-state index < -0.39 is 6.04 Å². The lowest BCUT2D eigenvalue weighted by atomic mass is 10.0. The summed E-state index contributed by atoms with van der Waals surface area (Å²) < 4.78 is 1.50. The Morgan fingerprint density at radius 2 is 2.07 bits per heavy atom. The minimum absolute atomic E-state index is 0.167. The number of aryl methyl sites for hydroxylation is 1. The number of benzene rings is 1. The van der Waals surface area contributed by atoms with E-state index in [9.17, 15) is 14.4 Å². The Bertz CT molecular complexity index is 1130. The van der Waals surface area contributed by atoms with Crippen LogP contribution in [0.15, 0.2) is 48.9 Å². The first-order valence-corrected chi connectivity index (χ1v) is 10.6. The van der Waals surface area contributed by atoms with Gasteiger partial charge >= 0.3 is 6.03 Å². The highest BCUT2D eigenvalue weighted by molar-refractivity contribution is 7.99. The number of aromatic nitrogens is 2. The molecule has 1 aliphatic rings. The van der Waals surface area contributed by atoms with Crippen molar-refractivity contribution >= 4 is 40.9 Å². The highest BCUT2D eigenvalue weighted by atomic mass is 32.2. The van der Waals surface area contributed by atoms with E-state index in [4.69, 9.17) is 0 Å². The molecule has 0 radical (unpaired) electrons. The molecule has 1 aromatic carbocycles. The summed E-state index contributed by atoms with van der Waals surface area (Å²) in [5.74, 6) is 0.317. The summed E-state index contributed by atoms with van der Waals surface area (Å²) in [6.45, 7) is 1.94. The number of hydrogen-bond acceptors (Lipinski definition) is 5. The third kappa shape index (κ3) is 3.37. The lowest BCUT2D eigenvalue weighted by Crippen LogP contribution is -2.38. The van der Waals surface area contributed by atoms with Crippen LogP contribution in [0.25, 0.3) is 10.9 Å². The van der Waals surface area contributed by atoms with E-state index in [1.807, 2.05) is 37.3 Å². The summed E-state index contributed by atoms with van der Waals surface area (Å²) in [6.07, 6.45) is 5.72. The molecule has 8 heteroatoms. The smallest absolute Gasteiger partial charge is 0.328 e. The van der Waals surface area contributed by atoms with E-state index in [0.717, 1.165) is 17.5 Å². The number of pyridine rings is 1. The average Bonchev–Trinajstić information content (AvgIpc) is 3.34. The summed E-state index contributed by atoms with van der Waals surface area (Å²) in [5, 5.41) is 0.450. The standard InChI is InChI=1S/C22H22N4O3S/c1-14-6-7-16-17(11-25(18(16)9-14)22(29)24(2)3)20(28)19-12-30-21(26(19)13-27)15-5-4-8-23-10-15/h4-11,13,19,21H,12H2,1-3H3. The van der Waals surface area contributed by atoms with E-state index >= 15 is 0 Å². The Morgan fingerprint density at radius 3 is 2.73 bits per heavy atom. The molecule has 3 heterocycles. The second-order valence-electron chi connectivity index (χ2n) is 7.52. The molecule has 0 spiro atoms. The second kappa shape index (κ2) is 7.95. The third-order valence-electron chi connectivity index (χ3n) is 5.25. The monoisotopic (exact) mass is 422 g/mol. The molecule has 2 aromatic heterocycles. The number of amides is 2. The fraction of sp³-hybridized carbons (Fsp3) is 0.273. The van der Waals surface area contributed by atoms with Crippen molar-refractivity contribution in [3.63, 3.8) is 0 Å². The molecular weight excluding hydrogens is 400 g/mol. The summed E-state index contributed by atoms with van der Waals surface area (Å²) in [5.41, 5.74) is 3.01. The molecule has 7 nitrogen and oxygen atoms in total. The van der Waals surface area contributed by atoms with Crippen LogP contribution in [0.1, 0.15) is 26.9 Å². The number of fused-ring (bicyclic) bond motifs is 1. The van der Waals surface area contributed by atoms with Crippen molar-refractivity contribution < 1.29 is 14.4 Å².